The maximum Gasteiger partial charge on any atom is 0.250 e. The minimum atomic E-state index is -0.107. The van der Waals surface area contributed by atoms with Crippen molar-refractivity contribution >= 4 is 17.2 Å². The second-order valence-electron chi connectivity index (χ2n) is 4.11. The minimum Gasteiger partial charge on any atom is -0.380 e. The lowest BCUT2D eigenvalue weighted by molar-refractivity contribution is 0.436. The third-order valence-corrected chi connectivity index (χ3v) is 3.74. The summed E-state index contributed by atoms with van der Waals surface area (Å²) in [5.74, 6) is 0.857. The molecule has 0 aliphatic heterocycles. The van der Waals surface area contributed by atoms with Gasteiger partial charge < -0.3 is 14.8 Å². The van der Waals surface area contributed by atoms with E-state index in [-0.39, 0.29) is 5.56 Å². The summed E-state index contributed by atoms with van der Waals surface area (Å²) in [5.41, 5.74) is 7.17. The summed E-state index contributed by atoms with van der Waals surface area (Å²) >= 11 is 1.55. The fraction of sp³-hybridized carbons (Fsp3) is 0.0769. The van der Waals surface area contributed by atoms with E-state index >= 15 is 0 Å². The summed E-state index contributed by atoms with van der Waals surface area (Å²) in [7, 11) is 1.70. The Hall–Kier alpha value is -2.34. The fourth-order valence-corrected chi connectivity index (χ4v) is 2.62. The first-order valence-electron chi connectivity index (χ1n) is 5.63. The molecule has 96 valence electrons. The zero-order chi connectivity index (χ0) is 13.4. The van der Waals surface area contributed by atoms with Gasteiger partial charge in [0.1, 0.15) is 0 Å². The number of hydrogen-bond acceptors (Lipinski definition) is 5. The lowest BCUT2D eigenvalue weighted by atomic mass is 10.1. The summed E-state index contributed by atoms with van der Waals surface area (Å²) < 4.78 is 6.78. The van der Waals surface area contributed by atoms with E-state index in [9.17, 15) is 4.79 Å². The molecule has 3 heterocycles. The molecule has 0 saturated heterocycles. The van der Waals surface area contributed by atoms with Gasteiger partial charge in [-0.1, -0.05) is 11.2 Å². The summed E-state index contributed by atoms with van der Waals surface area (Å²) in [5, 5.41) is 5.76. The molecular formula is C13H11N3O2S. The Labute approximate surface area is 112 Å². The predicted molar refractivity (Wildman–Crippen MR) is 74.9 cm³/mol. The monoisotopic (exact) mass is 273 g/mol. The quantitative estimate of drug-likeness (QED) is 0.777. The third kappa shape index (κ3) is 1.96. The van der Waals surface area contributed by atoms with Crippen LogP contribution in [-0.4, -0.2) is 9.72 Å². The normalized spacial score (nSPS) is 10.8. The summed E-state index contributed by atoms with van der Waals surface area (Å²) in [6.07, 6.45) is 1.69. The van der Waals surface area contributed by atoms with Crippen LogP contribution in [0.2, 0.25) is 0 Å². The van der Waals surface area contributed by atoms with Gasteiger partial charge in [-0.25, -0.2) is 0 Å². The first-order valence-corrected chi connectivity index (χ1v) is 6.51. The van der Waals surface area contributed by atoms with Crippen LogP contribution in [0.4, 0.5) is 5.82 Å². The lowest BCUT2D eigenvalue weighted by Gasteiger charge is -2.01. The van der Waals surface area contributed by atoms with Crippen molar-refractivity contribution in [2.75, 3.05) is 5.73 Å². The van der Waals surface area contributed by atoms with Gasteiger partial charge in [-0.3, -0.25) is 4.79 Å². The Morgan fingerprint density at radius 2 is 2.26 bits per heavy atom. The van der Waals surface area contributed by atoms with Crippen molar-refractivity contribution in [2.45, 2.75) is 0 Å². The molecule has 0 unspecified atom stereocenters. The maximum absolute atomic E-state index is 11.7. The number of pyridine rings is 1. The first kappa shape index (κ1) is 11.7. The van der Waals surface area contributed by atoms with Crippen molar-refractivity contribution in [3.8, 4) is 21.8 Å². The van der Waals surface area contributed by atoms with Crippen LogP contribution in [0.15, 0.2) is 45.2 Å². The van der Waals surface area contributed by atoms with Gasteiger partial charge in [-0.15, -0.1) is 11.3 Å². The molecule has 3 aromatic heterocycles. The van der Waals surface area contributed by atoms with Crippen LogP contribution in [0.1, 0.15) is 0 Å². The van der Waals surface area contributed by atoms with E-state index in [0.29, 0.717) is 17.1 Å². The first-order chi connectivity index (χ1) is 9.16. The van der Waals surface area contributed by atoms with E-state index in [4.69, 9.17) is 10.3 Å². The number of hydrogen-bond donors (Lipinski definition) is 1. The van der Waals surface area contributed by atoms with E-state index in [2.05, 4.69) is 5.16 Å². The van der Waals surface area contributed by atoms with Crippen molar-refractivity contribution in [3.63, 3.8) is 0 Å². The SMILES string of the molecule is Cn1ccc(-c2onc(N)c2-c2cccs2)cc1=O. The average molecular weight is 273 g/mol. The molecule has 5 nitrogen and oxygen atoms in total. The van der Waals surface area contributed by atoms with E-state index in [1.807, 2.05) is 17.5 Å². The number of anilines is 1. The molecule has 0 fully saturated rings. The smallest absolute Gasteiger partial charge is 0.250 e. The minimum absolute atomic E-state index is 0.107. The van der Waals surface area contributed by atoms with E-state index in [0.717, 1.165) is 10.4 Å². The van der Waals surface area contributed by atoms with Crippen LogP contribution >= 0.6 is 11.3 Å². The Morgan fingerprint density at radius 1 is 1.42 bits per heavy atom. The predicted octanol–water partition coefficient (Wildman–Crippen LogP) is 2.35. The van der Waals surface area contributed by atoms with Crippen molar-refractivity contribution in [2.24, 2.45) is 7.05 Å². The molecule has 0 amide bonds. The van der Waals surface area contributed by atoms with Crippen molar-refractivity contribution in [1.82, 2.24) is 9.72 Å². The molecule has 19 heavy (non-hydrogen) atoms. The Balaban J connectivity index is 2.21. The molecule has 2 N–H and O–H groups in total. The van der Waals surface area contributed by atoms with Crippen LogP contribution < -0.4 is 11.3 Å². The molecule has 0 spiro atoms. The number of aromatic nitrogens is 2. The van der Waals surface area contributed by atoms with E-state index in [1.165, 1.54) is 10.6 Å². The molecule has 6 heteroatoms. The number of rotatable bonds is 2. The number of nitrogen functional groups attached to an aromatic ring is 1. The summed E-state index contributed by atoms with van der Waals surface area (Å²) in [6, 6.07) is 7.19. The topological polar surface area (TPSA) is 74.1 Å². The third-order valence-electron chi connectivity index (χ3n) is 2.85. The number of nitrogens with two attached hydrogens (primary N) is 1. The van der Waals surface area contributed by atoms with Gasteiger partial charge in [0.25, 0.3) is 5.56 Å². The van der Waals surface area contributed by atoms with Crippen molar-refractivity contribution in [3.05, 3.63) is 46.2 Å². The van der Waals surface area contributed by atoms with E-state index in [1.54, 1.807) is 30.6 Å². The second-order valence-corrected chi connectivity index (χ2v) is 5.06. The Bertz CT molecular complexity index is 772. The highest BCUT2D eigenvalue weighted by Crippen LogP contribution is 2.38. The van der Waals surface area contributed by atoms with Gasteiger partial charge >= 0.3 is 0 Å². The molecule has 3 rings (SSSR count). The molecule has 0 aromatic carbocycles. The highest BCUT2D eigenvalue weighted by atomic mass is 32.1. The van der Waals surface area contributed by atoms with Crippen LogP contribution in [0.3, 0.4) is 0 Å². The van der Waals surface area contributed by atoms with Gasteiger partial charge in [0, 0.05) is 29.8 Å². The standard InChI is InChI=1S/C13H11N3O2S/c1-16-5-4-8(7-10(16)17)12-11(13(14)15-18-12)9-3-2-6-19-9/h2-7H,1H3,(H2,14,15). The van der Waals surface area contributed by atoms with Gasteiger partial charge in [-0.05, 0) is 17.5 Å². The van der Waals surface area contributed by atoms with E-state index < -0.39 is 0 Å². The fourth-order valence-electron chi connectivity index (χ4n) is 1.85. The molecule has 0 bridgehead atoms. The molecule has 0 saturated carbocycles. The van der Waals surface area contributed by atoms with Crippen LogP contribution in [0, 0.1) is 0 Å². The van der Waals surface area contributed by atoms with Gasteiger partial charge in [-0.2, -0.15) is 0 Å². The van der Waals surface area contributed by atoms with Crippen LogP contribution in [-0.2, 0) is 7.05 Å². The highest BCUT2D eigenvalue weighted by Gasteiger charge is 2.18. The molecular weight excluding hydrogens is 262 g/mol. The number of nitrogens with zero attached hydrogens (tertiary/aromatic N) is 2. The largest absolute Gasteiger partial charge is 0.380 e. The van der Waals surface area contributed by atoms with Crippen molar-refractivity contribution in [1.29, 1.82) is 0 Å². The maximum atomic E-state index is 11.7. The Kier molecular flexibility index (Phi) is 2.72. The zero-order valence-corrected chi connectivity index (χ0v) is 11.0. The number of thiophene rings is 1. The molecule has 0 atom stereocenters. The average Bonchev–Trinajstić information content (AvgIpc) is 3.01. The second kappa shape index (κ2) is 4.40. The highest BCUT2D eigenvalue weighted by molar-refractivity contribution is 7.13. The van der Waals surface area contributed by atoms with Gasteiger partial charge in [0.05, 0.1) is 5.56 Å². The van der Waals surface area contributed by atoms with Gasteiger partial charge in [0.2, 0.25) is 0 Å². The van der Waals surface area contributed by atoms with Crippen LogP contribution in [0.25, 0.3) is 21.8 Å². The number of aryl methyl sites for hydroxylation is 1. The van der Waals surface area contributed by atoms with Gasteiger partial charge in [0.15, 0.2) is 11.6 Å². The van der Waals surface area contributed by atoms with Crippen molar-refractivity contribution < 1.29 is 4.52 Å². The Morgan fingerprint density at radius 3 is 2.95 bits per heavy atom. The molecule has 0 aliphatic rings. The molecule has 0 aliphatic carbocycles. The summed E-state index contributed by atoms with van der Waals surface area (Å²) in [4.78, 5) is 12.7. The van der Waals surface area contributed by atoms with Crippen LogP contribution in [0.5, 0.6) is 0 Å². The summed E-state index contributed by atoms with van der Waals surface area (Å²) in [6.45, 7) is 0. The molecule has 0 radical (unpaired) electrons. The zero-order valence-electron chi connectivity index (χ0n) is 10.2. The lowest BCUT2D eigenvalue weighted by Crippen LogP contribution is -2.14. The molecule has 3 aromatic rings.